The van der Waals surface area contributed by atoms with E-state index < -0.39 is 11.8 Å². The molecular formula is C13H19N3O2. The van der Waals surface area contributed by atoms with Crippen LogP contribution in [0.25, 0.3) is 0 Å². The molecule has 98 valence electrons. The van der Waals surface area contributed by atoms with Gasteiger partial charge in [-0.25, -0.2) is 0 Å². The van der Waals surface area contributed by atoms with Crippen LogP contribution in [-0.2, 0) is 9.59 Å². The smallest absolute Gasteiger partial charge is 0.312 e. The lowest BCUT2D eigenvalue weighted by Gasteiger charge is -2.31. The van der Waals surface area contributed by atoms with Crippen molar-refractivity contribution in [2.24, 2.45) is 5.41 Å². The molecule has 1 rings (SSSR count). The van der Waals surface area contributed by atoms with Crippen LogP contribution < -0.4 is 5.32 Å². The summed E-state index contributed by atoms with van der Waals surface area (Å²) in [4.78, 5) is 24.6. The lowest BCUT2D eigenvalue weighted by molar-refractivity contribution is -0.145. The molecule has 5 heteroatoms. The topological polar surface area (TPSA) is 73.2 Å². The number of nitriles is 1. The monoisotopic (exact) mass is 249 g/mol. The van der Waals surface area contributed by atoms with Gasteiger partial charge in [-0.3, -0.25) is 9.59 Å². The van der Waals surface area contributed by atoms with Crippen molar-refractivity contribution in [3.63, 3.8) is 0 Å². The van der Waals surface area contributed by atoms with Crippen LogP contribution in [0.5, 0.6) is 0 Å². The van der Waals surface area contributed by atoms with E-state index in [1.54, 1.807) is 6.07 Å². The Morgan fingerprint density at radius 3 is 2.61 bits per heavy atom. The van der Waals surface area contributed by atoms with Crippen molar-refractivity contribution in [3.8, 4) is 6.07 Å². The van der Waals surface area contributed by atoms with E-state index in [9.17, 15) is 9.59 Å². The van der Waals surface area contributed by atoms with Crippen molar-refractivity contribution in [1.29, 1.82) is 5.26 Å². The lowest BCUT2D eigenvalue weighted by atomic mass is 9.83. The van der Waals surface area contributed by atoms with E-state index in [-0.39, 0.29) is 12.0 Å². The number of hydrogen-bond donors (Lipinski definition) is 1. The van der Waals surface area contributed by atoms with Gasteiger partial charge in [0, 0.05) is 13.1 Å². The molecule has 0 fully saturated rings. The van der Waals surface area contributed by atoms with Crippen molar-refractivity contribution in [1.82, 2.24) is 10.2 Å². The van der Waals surface area contributed by atoms with Crippen molar-refractivity contribution in [2.45, 2.75) is 27.2 Å². The van der Waals surface area contributed by atoms with Crippen LogP contribution in [0.4, 0.5) is 0 Å². The zero-order chi connectivity index (χ0) is 13.8. The molecule has 2 amide bonds. The lowest BCUT2D eigenvalue weighted by Crippen LogP contribution is -2.45. The highest BCUT2D eigenvalue weighted by atomic mass is 16.2. The number of hydrogen-bond acceptors (Lipinski definition) is 3. The predicted molar refractivity (Wildman–Crippen MR) is 67.4 cm³/mol. The number of carbonyl (C=O) groups is 2. The summed E-state index contributed by atoms with van der Waals surface area (Å²) < 4.78 is 0. The minimum atomic E-state index is -0.704. The van der Waals surface area contributed by atoms with Gasteiger partial charge in [0.05, 0.1) is 6.07 Å². The molecule has 0 saturated carbocycles. The fourth-order valence-corrected chi connectivity index (χ4v) is 1.87. The zero-order valence-electron chi connectivity index (χ0n) is 11.1. The summed E-state index contributed by atoms with van der Waals surface area (Å²) in [5, 5.41) is 10.6. The third-order valence-corrected chi connectivity index (χ3v) is 2.98. The summed E-state index contributed by atoms with van der Waals surface area (Å²) in [6.45, 7) is 7.29. The average molecular weight is 249 g/mol. The second-order valence-electron chi connectivity index (χ2n) is 5.32. The molecule has 0 unspecified atom stereocenters. The molecule has 1 heterocycles. The molecule has 0 radical (unpaired) electrons. The van der Waals surface area contributed by atoms with E-state index in [0.717, 1.165) is 6.42 Å². The maximum absolute atomic E-state index is 11.7. The fourth-order valence-electron chi connectivity index (χ4n) is 1.87. The zero-order valence-corrected chi connectivity index (χ0v) is 11.1. The largest absolute Gasteiger partial charge is 0.335 e. The third-order valence-electron chi connectivity index (χ3n) is 2.98. The Morgan fingerprint density at radius 1 is 1.50 bits per heavy atom. The van der Waals surface area contributed by atoms with E-state index in [1.165, 1.54) is 10.5 Å². The average Bonchev–Trinajstić information content (AvgIpc) is 2.34. The van der Waals surface area contributed by atoms with Gasteiger partial charge >= 0.3 is 11.8 Å². The van der Waals surface area contributed by atoms with Crippen LogP contribution in [0.15, 0.2) is 11.6 Å². The molecular weight excluding hydrogens is 230 g/mol. The first-order valence-electron chi connectivity index (χ1n) is 6.00. The molecule has 0 spiro atoms. The Hall–Kier alpha value is -1.83. The summed E-state index contributed by atoms with van der Waals surface area (Å²) >= 11 is 0. The third kappa shape index (κ3) is 3.59. The summed E-state index contributed by atoms with van der Waals surface area (Å²) in [6, 6.07) is 1.77. The van der Waals surface area contributed by atoms with E-state index in [1.807, 2.05) is 6.08 Å². The van der Waals surface area contributed by atoms with Crippen LogP contribution in [0.3, 0.4) is 0 Å². The highest BCUT2D eigenvalue weighted by molar-refractivity contribution is 6.35. The number of nitrogens with zero attached hydrogens (tertiary/aromatic N) is 2. The van der Waals surface area contributed by atoms with Gasteiger partial charge in [0.1, 0.15) is 6.54 Å². The normalized spacial score (nSPS) is 15.7. The van der Waals surface area contributed by atoms with Crippen LogP contribution in [-0.4, -0.2) is 36.3 Å². The van der Waals surface area contributed by atoms with E-state index in [0.29, 0.717) is 13.1 Å². The Labute approximate surface area is 107 Å². The molecule has 0 aromatic rings. The minimum Gasteiger partial charge on any atom is -0.335 e. The maximum Gasteiger partial charge on any atom is 0.312 e. The number of nitrogens with one attached hydrogen (secondary N) is 1. The first-order chi connectivity index (χ1) is 8.36. The number of amides is 2. The highest BCUT2D eigenvalue weighted by Gasteiger charge is 2.26. The van der Waals surface area contributed by atoms with Crippen molar-refractivity contribution in [3.05, 3.63) is 11.6 Å². The molecule has 0 atom stereocenters. The van der Waals surface area contributed by atoms with Gasteiger partial charge in [-0.05, 0) is 11.8 Å². The van der Waals surface area contributed by atoms with Crippen molar-refractivity contribution in [2.75, 3.05) is 19.6 Å². The van der Waals surface area contributed by atoms with Crippen LogP contribution in [0.2, 0.25) is 0 Å². The molecule has 5 nitrogen and oxygen atoms in total. The van der Waals surface area contributed by atoms with Gasteiger partial charge in [0.25, 0.3) is 0 Å². The van der Waals surface area contributed by atoms with Crippen molar-refractivity contribution >= 4 is 11.8 Å². The van der Waals surface area contributed by atoms with E-state index in [2.05, 4.69) is 26.1 Å². The van der Waals surface area contributed by atoms with Crippen LogP contribution >= 0.6 is 0 Å². The molecule has 1 aliphatic rings. The number of rotatable bonds is 1. The second kappa shape index (κ2) is 5.67. The summed E-state index contributed by atoms with van der Waals surface area (Å²) in [5.41, 5.74) is 1.42. The van der Waals surface area contributed by atoms with Gasteiger partial charge in [-0.1, -0.05) is 32.4 Å². The Kier molecular flexibility index (Phi) is 4.49. The molecule has 0 saturated heterocycles. The molecule has 0 aromatic heterocycles. The molecule has 0 aromatic carbocycles. The summed E-state index contributed by atoms with van der Waals surface area (Å²) in [5.74, 6) is -1.27. The SMILES string of the molecule is CC(C)(C)C1=CCN(C(=O)C(=O)NCC#N)CC1. The highest BCUT2D eigenvalue weighted by Crippen LogP contribution is 2.29. The van der Waals surface area contributed by atoms with Gasteiger partial charge in [-0.2, -0.15) is 5.26 Å². The molecule has 1 N–H and O–H groups in total. The first-order valence-corrected chi connectivity index (χ1v) is 6.00. The molecule has 18 heavy (non-hydrogen) atoms. The Morgan fingerprint density at radius 2 is 2.17 bits per heavy atom. The van der Waals surface area contributed by atoms with Gasteiger partial charge < -0.3 is 10.2 Å². The number of carbonyl (C=O) groups excluding carboxylic acids is 2. The summed E-state index contributed by atoms with van der Waals surface area (Å²) in [7, 11) is 0. The standard InChI is InChI=1S/C13H19N3O2/c1-13(2,3)10-4-8-16(9-5-10)12(18)11(17)15-7-6-14/h4H,5,7-9H2,1-3H3,(H,15,17). The summed E-state index contributed by atoms with van der Waals surface area (Å²) in [6.07, 6.45) is 2.81. The van der Waals surface area contributed by atoms with E-state index in [4.69, 9.17) is 5.26 Å². The molecule has 0 bridgehead atoms. The maximum atomic E-state index is 11.7. The first kappa shape index (κ1) is 14.2. The van der Waals surface area contributed by atoms with Crippen LogP contribution in [0.1, 0.15) is 27.2 Å². The van der Waals surface area contributed by atoms with Gasteiger partial charge in [0.2, 0.25) is 0 Å². The fraction of sp³-hybridized carbons (Fsp3) is 0.615. The molecule has 1 aliphatic heterocycles. The van der Waals surface area contributed by atoms with E-state index >= 15 is 0 Å². The van der Waals surface area contributed by atoms with Crippen molar-refractivity contribution < 1.29 is 9.59 Å². The molecule has 0 aliphatic carbocycles. The van der Waals surface area contributed by atoms with Gasteiger partial charge in [0.15, 0.2) is 0 Å². The second-order valence-corrected chi connectivity index (χ2v) is 5.32. The quantitative estimate of drug-likeness (QED) is 0.425. The predicted octanol–water partition coefficient (Wildman–Crippen LogP) is 0.831. The van der Waals surface area contributed by atoms with Gasteiger partial charge in [-0.15, -0.1) is 0 Å². The van der Waals surface area contributed by atoms with Crippen LogP contribution in [0, 0.1) is 16.7 Å². The Bertz CT molecular complexity index is 413. The minimum absolute atomic E-state index is 0.109. The Balaban J connectivity index is 2.58.